The summed E-state index contributed by atoms with van der Waals surface area (Å²) in [5.74, 6) is -1.01. The van der Waals surface area contributed by atoms with Gasteiger partial charge in [0, 0.05) is 13.0 Å². The van der Waals surface area contributed by atoms with Crippen molar-refractivity contribution in [2.75, 3.05) is 0 Å². The average molecular weight is 289 g/mol. The fourth-order valence-electron chi connectivity index (χ4n) is 3.12. The molecule has 1 aromatic carbocycles. The molecule has 1 amide bonds. The number of hydrogen-bond acceptors (Lipinski definition) is 2. The van der Waals surface area contributed by atoms with E-state index in [2.05, 4.69) is 24.4 Å². The molecular weight excluding hydrogens is 266 g/mol. The lowest BCUT2D eigenvalue weighted by molar-refractivity contribution is -0.157. The highest BCUT2D eigenvalue weighted by Gasteiger charge is 2.45. The molecule has 0 aliphatic heterocycles. The molecule has 4 nitrogen and oxygen atoms in total. The Bertz CT molecular complexity index is 550. The first kappa shape index (κ1) is 15.5. The quantitative estimate of drug-likeness (QED) is 0.876. The highest BCUT2D eigenvalue weighted by Crippen LogP contribution is 2.44. The van der Waals surface area contributed by atoms with Crippen molar-refractivity contribution < 1.29 is 14.7 Å². The maximum atomic E-state index is 12.0. The summed E-state index contributed by atoms with van der Waals surface area (Å²) in [6, 6.07) is 4.19. The van der Waals surface area contributed by atoms with Crippen LogP contribution >= 0.6 is 0 Å². The van der Waals surface area contributed by atoms with Crippen molar-refractivity contribution >= 4 is 11.9 Å². The zero-order valence-electron chi connectivity index (χ0n) is 13.0. The first-order chi connectivity index (χ1) is 9.84. The van der Waals surface area contributed by atoms with Gasteiger partial charge in [-0.15, -0.1) is 0 Å². The van der Waals surface area contributed by atoms with E-state index in [0.29, 0.717) is 19.4 Å². The van der Waals surface area contributed by atoms with Gasteiger partial charge in [-0.1, -0.05) is 24.1 Å². The normalized spacial score (nSPS) is 16.1. The minimum Gasteiger partial charge on any atom is -0.481 e. The van der Waals surface area contributed by atoms with Crippen molar-refractivity contribution in [2.45, 2.75) is 53.0 Å². The van der Waals surface area contributed by atoms with Gasteiger partial charge in [0.05, 0.1) is 5.41 Å². The summed E-state index contributed by atoms with van der Waals surface area (Å²) in [7, 11) is 0. The van der Waals surface area contributed by atoms with Gasteiger partial charge in [-0.25, -0.2) is 0 Å². The molecule has 0 unspecified atom stereocenters. The second-order valence-corrected chi connectivity index (χ2v) is 6.27. The molecule has 1 fully saturated rings. The molecule has 0 atom stereocenters. The molecular formula is C17H23NO3. The molecule has 0 aromatic heterocycles. The summed E-state index contributed by atoms with van der Waals surface area (Å²) in [4.78, 5) is 23.3. The molecule has 0 spiro atoms. The van der Waals surface area contributed by atoms with Gasteiger partial charge in [-0.2, -0.15) is 0 Å². The minimum atomic E-state index is -0.841. The summed E-state index contributed by atoms with van der Waals surface area (Å²) in [5.41, 5.74) is 3.82. The second-order valence-electron chi connectivity index (χ2n) is 6.27. The van der Waals surface area contributed by atoms with Crippen LogP contribution in [0.3, 0.4) is 0 Å². The number of nitrogens with one attached hydrogen (secondary N) is 1. The summed E-state index contributed by atoms with van der Waals surface area (Å²) in [6.07, 6.45) is 2.21. The maximum Gasteiger partial charge on any atom is 0.310 e. The predicted molar refractivity (Wildman–Crippen MR) is 81.0 cm³/mol. The predicted octanol–water partition coefficient (Wildman–Crippen LogP) is 2.87. The number of aryl methyl sites for hydroxylation is 3. The summed E-state index contributed by atoms with van der Waals surface area (Å²) in [5, 5.41) is 12.1. The van der Waals surface area contributed by atoms with Crippen molar-refractivity contribution in [2.24, 2.45) is 5.41 Å². The maximum absolute atomic E-state index is 12.0. The van der Waals surface area contributed by atoms with E-state index < -0.39 is 11.4 Å². The Morgan fingerprint density at radius 1 is 1.19 bits per heavy atom. The van der Waals surface area contributed by atoms with Crippen molar-refractivity contribution in [3.05, 3.63) is 34.4 Å². The zero-order chi connectivity index (χ0) is 15.6. The van der Waals surface area contributed by atoms with E-state index in [0.717, 1.165) is 23.1 Å². The van der Waals surface area contributed by atoms with E-state index in [1.165, 1.54) is 5.56 Å². The van der Waals surface area contributed by atoms with E-state index in [1.54, 1.807) is 0 Å². The van der Waals surface area contributed by atoms with E-state index in [1.807, 2.05) is 13.8 Å². The number of carbonyl (C=O) groups excluding carboxylic acids is 1. The molecule has 0 radical (unpaired) electrons. The number of carbonyl (C=O) groups is 2. The molecule has 2 rings (SSSR count). The Morgan fingerprint density at radius 2 is 1.76 bits per heavy atom. The van der Waals surface area contributed by atoms with Gasteiger partial charge in [-0.05, 0) is 50.3 Å². The van der Waals surface area contributed by atoms with Gasteiger partial charge in [-0.3, -0.25) is 9.59 Å². The topological polar surface area (TPSA) is 66.4 Å². The van der Waals surface area contributed by atoms with E-state index in [4.69, 9.17) is 0 Å². The number of carboxylic acid groups (broad SMARTS) is 1. The molecule has 1 aromatic rings. The van der Waals surface area contributed by atoms with E-state index >= 15 is 0 Å². The van der Waals surface area contributed by atoms with Crippen molar-refractivity contribution in [3.8, 4) is 0 Å². The molecule has 0 heterocycles. The third kappa shape index (κ3) is 3.26. The molecule has 2 N–H and O–H groups in total. The molecule has 1 aliphatic carbocycles. The Labute approximate surface area is 125 Å². The molecule has 1 aliphatic rings. The Hall–Kier alpha value is -1.84. The van der Waals surface area contributed by atoms with Crippen LogP contribution in [-0.4, -0.2) is 17.0 Å². The largest absolute Gasteiger partial charge is 0.481 e. The van der Waals surface area contributed by atoms with Crippen LogP contribution in [0.5, 0.6) is 0 Å². The number of rotatable bonds is 5. The van der Waals surface area contributed by atoms with Crippen LogP contribution in [-0.2, 0) is 16.1 Å². The monoisotopic (exact) mass is 289 g/mol. The Morgan fingerprint density at radius 3 is 2.19 bits per heavy atom. The number of carboxylic acids is 1. The first-order valence-corrected chi connectivity index (χ1v) is 7.41. The van der Waals surface area contributed by atoms with Gasteiger partial charge in [0.2, 0.25) is 5.91 Å². The average Bonchev–Trinajstić information content (AvgIpc) is 2.31. The summed E-state index contributed by atoms with van der Waals surface area (Å²) >= 11 is 0. The van der Waals surface area contributed by atoms with Crippen LogP contribution in [0.4, 0.5) is 0 Å². The van der Waals surface area contributed by atoms with Crippen LogP contribution in [0.25, 0.3) is 0 Å². The molecule has 0 saturated heterocycles. The van der Waals surface area contributed by atoms with Crippen molar-refractivity contribution in [1.29, 1.82) is 0 Å². The standard InChI is InChI=1S/C17H23NO3/c1-11-7-12(2)14(13(3)8-11)10-18-15(19)9-17(16(20)21)5-4-6-17/h7-8H,4-6,9-10H2,1-3H3,(H,18,19)(H,20,21). The van der Waals surface area contributed by atoms with Crippen LogP contribution in [0.15, 0.2) is 12.1 Å². The lowest BCUT2D eigenvalue weighted by Gasteiger charge is -2.36. The first-order valence-electron chi connectivity index (χ1n) is 7.41. The lowest BCUT2D eigenvalue weighted by Crippen LogP contribution is -2.42. The van der Waals surface area contributed by atoms with Crippen LogP contribution in [0.1, 0.15) is 47.9 Å². The zero-order valence-corrected chi connectivity index (χ0v) is 13.0. The molecule has 21 heavy (non-hydrogen) atoms. The van der Waals surface area contributed by atoms with Crippen LogP contribution in [0, 0.1) is 26.2 Å². The molecule has 0 bridgehead atoms. The smallest absolute Gasteiger partial charge is 0.310 e. The van der Waals surface area contributed by atoms with Gasteiger partial charge >= 0.3 is 5.97 Å². The minimum absolute atomic E-state index is 0.0896. The highest BCUT2D eigenvalue weighted by atomic mass is 16.4. The highest BCUT2D eigenvalue weighted by molar-refractivity contribution is 5.85. The van der Waals surface area contributed by atoms with Crippen LogP contribution < -0.4 is 5.32 Å². The van der Waals surface area contributed by atoms with Crippen molar-refractivity contribution in [3.63, 3.8) is 0 Å². The van der Waals surface area contributed by atoms with Gasteiger partial charge in [0.25, 0.3) is 0 Å². The van der Waals surface area contributed by atoms with Gasteiger partial charge in [0.15, 0.2) is 0 Å². The number of benzene rings is 1. The molecule has 114 valence electrons. The SMILES string of the molecule is Cc1cc(C)c(CNC(=O)CC2(C(=O)O)CCC2)c(C)c1. The summed E-state index contributed by atoms with van der Waals surface area (Å²) in [6.45, 7) is 6.58. The second kappa shape index (κ2) is 5.88. The third-order valence-electron chi connectivity index (χ3n) is 4.57. The van der Waals surface area contributed by atoms with E-state index in [9.17, 15) is 14.7 Å². The van der Waals surface area contributed by atoms with Gasteiger partial charge in [0.1, 0.15) is 0 Å². The number of aliphatic carboxylic acids is 1. The van der Waals surface area contributed by atoms with E-state index in [-0.39, 0.29) is 12.3 Å². The molecule has 1 saturated carbocycles. The van der Waals surface area contributed by atoms with Crippen molar-refractivity contribution in [1.82, 2.24) is 5.32 Å². The van der Waals surface area contributed by atoms with Gasteiger partial charge < -0.3 is 10.4 Å². The Balaban J connectivity index is 1.97. The Kier molecular flexibility index (Phi) is 4.35. The fourth-order valence-corrected chi connectivity index (χ4v) is 3.12. The summed E-state index contributed by atoms with van der Waals surface area (Å²) < 4.78 is 0. The third-order valence-corrected chi connectivity index (χ3v) is 4.57. The number of hydrogen-bond donors (Lipinski definition) is 2. The van der Waals surface area contributed by atoms with Crippen LogP contribution in [0.2, 0.25) is 0 Å². The molecule has 4 heteroatoms. The lowest BCUT2D eigenvalue weighted by atomic mass is 9.66. The fraction of sp³-hybridized carbons (Fsp3) is 0.529. The number of amides is 1.